The Kier molecular flexibility index (Phi) is 5.23. The maximum absolute atomic E-state index is 12.4. The molecule has 0 saturated carbocycles. The summed E-state index contributed by atoms with van der Waals surface area (Å²) in [5.41, 5.74) is -2.24. The molecule has 0 aliphatic rings. The van der Waals surface area contributed by atoms with E-state index >= 15 is 0 Å². The van der Waals surface area contributed by atoms with Crippen LogP contribution in [0.2, 0.25) is 5.02 Å². The molecular weight excluding hydrogens is 366 g/mol. The first-order valence-corrected chi connectivity index (χ1v) is 7.55. The van der Waals surface area contributed by atoms with Crippen molar-refractivity contribution < 1.29 is 15.1 Å². The van der Waals surface area contributed by atoms with Crippen LogP contribution in [-0.2, 0) is 6.54 Å². The average molecular weight is 378 g/mol. The molecule has 2 N–H and O–H groups in total. The van der Waals surface area contributed by atoms with Crippen molar-refractivity contribution in [3.8, 4) is 17.7 Å². The molecule has 0 unspecified atom stereocenters. The number of pyridine rings is 1. The maximum atomic E-state index is 12.4. The lowest BCUT2D eigenvalue weighted by Gasteiger charge is -2.10. The Morgan fingerprint density at radius 2 is 1.96 bits per heavy atom. The van der Waals surface area contributed by atoms with Gasteiger partial charge in [0, 0.05) is 24.2 Å². The molecule has 0 bridgehead atoms. The van der Waals surface area contributed by atoms with Crippen molar-refractivity contribution in [2.45, 2.75) is 20.4 Å². The number of halogens is 1. The van der Waals surface area contributed by atoms with Gasteiger partial charge in [0.15, 0.2) is 11.4 Å². The van der Waals surface area contributed by atoms with Crippen molar-refractivity contribution in [1.29, 1.82) is 5.26 Å². The topological polar surface area (TPSA) is 154 Å². The SMILES string of the molecule is CCn1c(O)c(C#N)c(C)c(N=Nc2c(O)cc(Cl)cc2[N+](=O)[O-])c1=O. The second-order valence-electron chi connectivity index (χ2n) is 5.08. The minimum absolute atomic E-state index is 0.0551. The first kappa shape index (κ1) is 18.9. The van der Waals surface area contributed by atoms with Gasteiger partial charge in [0.1, 0.15) is 11.6 Å². The van der Waals surface area contributed by atoms with Gasteiger partial charge in [0.05, 0.1) is 9.95 Å². The van der Waals surface area contributed by atoms with Crippen LogP contribution in [0.25, 0.3) is 0 Å². The summed E-state index contributed by atoms with van der Waals surface area (Å²) in [6.45, 7) is 3.02. The monoisotopic (exact) mass is 377 g/mol. The van der Waals surface area contributed by atoms with Crippen LogP contribution >= 0.6 is 11.6 Å². The number of aromatic nitrogens is 1. The van der Waals surface area contributed by atoms with E-state index < -0.39 is 33.5 Å². The fourth-order valence-corrected chi connectivity index (χ4v) is 2.47. The number of phenols is 1. The zero-order valence-electron chi connectivity index (χ0n) is 13.6. The molecule has 0 radical (unpaired) electrons. The molecule has 10 nitrogen and oxygen atoms in total. The molecule has 134 valence electrons. The summed E-state index contributed by atoms with van der Waals surface area (Å²) in [4.78, 5) is 22.7. The molecule has 11 heteroatoms. The van der Waals surface area contributed by atoms with Gasteiger partial charge in [-0.15, -0.1) is 10.2 Å². The number of hydrogen-bond donors (Lipinski definition) is 2. The minimum Gasteiger partial charge on any atom is -0.505 e. The number of nitrogens with zero attached hydrogens (tertiary/aromatic N) is 5. The molecule has 1 aromatic heterocycles. The summed E-state index contributed by atoms with van der Waals surface area (Å²) >= 11 is 5.68. The number of aromatic hydroxyl groups is 2. The Morgan fingerprint density at radius 3 is 2.50 bits per heavy atom. The van der Waals surface area contributed by atoms with Crippen LogP contribution < -0.4 is 5.56 Å². The number of nitriles is 1. The van der Waals surface area contributed by atoms with Crippen molar-refractivity contribution in [3.05, 3.63) is 48.8 Å². The highest BCUT2D eigenvalue weighted by atomic mass is 35.5. The summed E-state index contributed by atoms with van der Waals surface area (Å²) < 4.78 is 0.913. The quantitative estimate of drug-likeness (QED) is 0.472. The van der Waals surface area contributed by atoms with E-state index in [-0.39, 0.29) is 28.4 Å². The Hall–Kier alpha value is -3.45. The molecule has 26 heavy (non-hydrogen) atoms. The zero-order valence-corrected chi connectivity index (χ0v) is 14.4. The predicted molar refractivity (Wildman–Crippen MR) is 91.4 cm³/mol. The van der Waals surface area contributed by atoms with Crippen LogP contribution in [0.1, 0.15) is 18.1 Å². The number of hydrogen-bond acceptors (Lipinski definition) is 8. The van der Waals surface area contributed by atoms with E-state index in [2.05, 4.69) is 10.2 Å². The molecular formula is C15H12ClN5O5. The van der Waals surface area contributed by atoms with Gasteiger partial charge < -0.3 is 10.2 Å². The number of nitro benzene ring substituents is 1. The van der Waals surface area contributed by atoms with Crippen LogP contribution in [0.4, 0.5) is 17.1 Å². The minimum atomic E-state index is -0.811. The fraction of sp³-hybridized carbons (Fsp3) is 0.200. The first-order chi connectivity index (χ1) is 12.2. The summed E-state index contributed by atoms with van der Waals surface area (Å²) in [7, 11) is 0. The number of rotatable bonds is 4. The van der Waals surface area contributed by atoms with Crippen LogP contribution in [0.3, 0.4) is 0 Å². The molecule has 0 amide bonds. The lowest BCUT2D eigenvalue weighted by atomic mass is 10.1. The van der Waals surface area contributed by atoms with Gasteiger partial charge in [-0.2, -0.15) is 5.26 Å². The lowest BCUT2D eigenvalue weighted by molar-refractivity contribution is -0.384. The highest BCUT2D eigenvalue weighted by Crippen LogP contribution is 2.40. The molecule has 0 spiro atoms. The van der Waals surface area contributed by atoms with E-state index in [1.54, 1.807) is 13.0 Å². The third kappa shape index (κ3) is 3.20. The summed E-state index contributed by atoms with van der Waals surface area (Å²) in [6.07, 6.45) is 0. The van der Waals surface area contributed by atoms with Crippen molar-refractivity contribution in [1.82, 2.24) is 4.57 Å². The van der Waals surface area contributed by atoms with Crippen LogP contribution in [0, 0.1) is 28.4 Å². The van der Waals surface area contributed by atoms with Gasteiger partial charge in [-0.3, -0.25) is 19.5 Å². The smallest absolute Gasteiger partial charge is 0.302 e. The van der Waals surface area contributed by atoms with E-state index in [9.17, 15) is 25.1 Å². The Balaban J connectivity index is 2.73. The predicted octanol–water partition coefficient (Wildman–Crippen LogP) is 3.44. The van der Waals surface area contributed by atoms with Gasteiger partial charge in [-0.05, 0) is 13.8 Å². The number of nitro groups is 1. The van der Waals surface area contributed by atoms with Crippen molar-refractivity contribution in [2.75, 3.05) is 0 Å². The zero-order chi connectivity index (χ0) is 19.6. The molecule has 2 rings (SSSR count). The van der Waals surface area contributed by atoms with E-state index in [1.165, 1.54) is 6.92 Å². The molecule has 0 saturated heterocycles. The highest BCUT2D eigenvalue weighted by molar-refractivity contribution is 6.31. The van der Waals surface area contributed by atoms with Crippen molar-refractivity contribution >= 4 is 28.7 Å². The molecule has 0 atom stereocenters. The molecule has 1 aromatic carbocycles. The van der Waals surface area contributed by atoms with Crippen molar-refractivity contribution in [2.24, 2.45) is 10.2 Å². The Bertz CT molecular complexity index is 1040. The highest BCUT2D eigenvalue weighted by Gasteiger charge is 2.21. The standard InChI is InChI=1S/C15H12ClN5O5/c1-3-20-14(23)9(6-17)7(2)12(15(20)24)18-19-13-10(21(25)26)4-8(16)5-11(13)22/h4-5,22-23H,3H2,1-2H3. The van der Waals surface area contributed by atoms with E-state index in [0.717, 1.165) is 16.7 Å². The third-order valence-electron chi connectivity index (χ3n) is 3.57. The first-order valence-electron chi connectivity index (χ1n) is 7.18. The van der Waals surface area contributed by atoms with Gasteiger partial charge in [-0.25, -0.2) is 0 Å². The molecule has 0 aliphatic heterocycles. The van der Waals surface area contributed by atoms with E-state index in [1.807, 2.05) is 0 Å². The maximum Gasteiger partial charge on any atom is 0.302 e. The van der Waals surface area contributed by atoms with E-state index in [0.29, 0.717) is 0 Å². The van der Waals surface area contributed by atoms with Gasteiger partial charge in [0.2, 0.25) is 11.6 Å². The van der Waals surface area contributed by atoms with Crippen LogP contribution in [-0.4, -0.2) is 19.7 Å². The molecule has 1 heterocycles. The van der Waals surface area contributed by atoms with Crippen molar-refractivity contribution in [3.63, 3.8) is 0 Å². The second kappa shape index (κ2) is 7.20. The second-order valence-corrected chi connectivity index (χ2v) is 5.52. The van der Waals surface area contributed by atoms with Gasteiger partial charge in [0.25, 0.3) is 5.56 Å². The largest absolute Gasteiger partial charge is 0.505 e. The van der Waals surface area contributed by atoms with Gasteiger partial charge in [-0.1, -0.05) is 11.6 Å². The number of azo groups is 1. The molecule has 0 aliphatic carbocycles. The summed E-state index contributed by atoms with van der Waals surface area (Å²) in [5.74, 6) is -1.10. The van der Waals surface area contributed by atoms with E-state index in [4.69, 9.17) is 16.9 Å². The fourth-order valence-electron chi connectivity index (χ4n) is 2.26. The van der Waals surface area contributed by atoms with Crippen LogP contribution in [0.15, 0.2) is 27.2 Å². The average Bonchev–Trinajstić information content (AvgIpc) is 2.56. The van der Waals surface area contributed by atoms with Gasteiger partial charge >= 0.3 is 5.69 Å². The third-order valence-corrected chi connectivity index (χ3v) is 3.78. The Labute approximate surface area is 151 Å². The normalized spacial score (nSPS) is 10.8. The summed E-state index contributed by atoms with van der Waals surface area (Å²) in [5, 5.41) is 47.3. The van der Waals surface area contributed by atoms with Crippen LogP contribution in [0.5, 0.6) is 11.6 Å². The Morgan fingerprint density at radius 1 is 1.35 bits per heavy atom. The number of phenolic OH excluding ortho intramolecular Hbond substituents is 1. The number of benzene rings is 1. The molecule has 0 fully saturated rings. The summed E-state index contributed by atoms with van der Waals surface area (Å²) in [6, 6.07) is 3.78. The lowest BCUT2D eigenvalue weighted by Crippen LogP contribution is -2.20. The molecule has 2 aromatic rings.